The minimum absolute atomic E-state index is 0.214. The first-order valence-corrected chi connectivity index (χ1v) is 7.79. The van der Waals surface area contributed by atoms with Crippen LogP contribution in [0, 0.1) is 0 Å². The Morgan fingerprint density at radius 1 is 1.16 bits per heavy atom. The molecule has 0 saturated heterocycles. The van der Waals surface area contributed by atoms with E-state index in [1.165, 1.54) is 21.3 Å². The number of nitrogens with zero attached hydrogens (tertiary/aromatic N) is 1. The van der Waals surface area contributed by atoms with Gasteiger partial charge in [0, 0.05) is 33.7 Å². The van der Waals surface area contributed by atoms with Crippen molar-refractivity contribution in [2.45, 2.75) is 12.5 Å². The normalized spacial score (nSPS) is 11.3. The Bertz CT molecular complexity index is 375. The molecule has 0 spiro atoms. The number of esters is 1. The largest absolute Gasteiger partial charge is 0.503 e. The van der Waals surface area contributed by atoms with Gasteiger partial charge in [0.2, 0.25) is 0 Å². The summed E-state index contributed by atoms with van der Waals surface area (Å²) in [6.45, 7) is 0.214. The van der Waals surface area contributed by atoms with Crippen LogP contribution in [0.3, 0.4) is 0 Å². The Morgan fingerprint density at radius 3 is 2.26 bits per heavy atom. The first-order chi connectivity index (χ1) is 9.15. The molecule has 0 radical (unpaired) electrons. The quantitative estimate of drug-likeness (QED) is 0.525. The number of hydrogen-bond acceptors (Lipinski definition) is 6. The smallest absolute Gasteiger partial charge is 0.465 e. The zero-order valence-corrected chi connectivity index (χ0v) is 12.4. The fraction of sp³-hybridized carbons (Fsp3) is 0.500. The van der Waals surface area contributed by atoms with Gasteiger partial charge in [-0.25, -0.2) is 0 Å². The van der Waals surface area contributed by atoms with Crippen LogP contribution in [-0.4, -0.2) is 47.7 Å². The van der Waals surface area contributed by atoms with Gasteiger partial charge in [-0.3, -0.25) is 9.78 Å². The van der Waals surface area contributed by atoms with Crippen molar-refractivity contribution in [1.29, 1.82) is 0 Å². The zero-order chi connectivity index (χ0) is 14.1. The van der Waals surface area contributed by atoms with E-state index in [1.807, 2.05) is 0 Å². The van der Waals surface area contributed by atoms with Gasteiger partial charge >= 0.3 is 14.8 Å². The Morgan fingerprint density at radius 2 is 1.74 bits per heavy atom. The second-order valence-electron chi connectivity index (χ2n) is 3.80. The standard InChI is InChI=1S/C12H19NO5Si/c1-15-19(16-2,17-3)9-8-18-12(14)10-11-4-6-13-7-5-11/h4-7H,8-10H2,1-3H3. The molecule has 1 heterocycles. The fourth-order valence-electron chi connectivity index (χ4n) is 1.56. The maximum absolute atomic E-state index is 11.6. The van der Waals surface area contributed by atoms with Crippen LogP contribution in [0.2, 0.25) is 6.04 Å². The summed E-state index contributed by atoms with van der Waals surface area (Å²) in [5.41, 5.74) is 0.869. The van der Waals surface area contributed by atoms with Crippen LogP contribution in [-0.2, 0) is 29.2 Å². The van der Waals surface area contributed by atoms with E-state index in [9.17, 15) is 4.79 Å². The van der Waals surface area contributed by atoms with Gasteiger partial charge in [0.25, 0.3) is 0 Å². The highest BCUT2D eigenvalue weighted by Crippen LogP contribution is 2.12. The molecular formula is C12H19NO5Si. The van der Waals surface area contributed by atoms with Gasteiger partial charge in [-0.2, -0.15) is 0 Å². The lowest BCUT2D eigenvalue weighted by molar-refractivity contribution is -0.142. The first-order valence-electron chi connectivity index (χ1n) is 5.86. The van der Waals surface area contributed by atoms with E-state index >= 15 is 0 Å². The molecule has 0 aliphatic carbocycles. The minimum atomic E-state index is -2.66. The lowest BCUT2D eigenvalue weighted by Crippen LogP contribution is -2.43. The number of aromatic nitrogens is 1. The lowest BCUT2D eigenvalue weighted by Gasteiger charge is -2.23. The molecule has 0 amide bonds. The zero-order valence-electron chi connectivity index (χ0n) is 11.4. The van der Waals surface area contributed by atoms with E-state index in [-0.39, 0.29) is 19.0 Å². The van der Waals surface area contributed by atoms with Crippen molar-refractivity contribution < 1.29 is 22.8 Å². The van der Waals surface area contributed by atoms with E-state index in [1.54, 1.807) is 24.5 Å². The molecule has 0 atom stereocenters. The van der Waals surface area contributed by atoms with Crippen molar-refractivity contribution in [2.24, 2.45) is 0 Å². The highest BCUT2D eigenvalue weighted by atomic mass is 28.4. The number of hydrogen-bond donors (Lipinski definition) is 0. The predicted molar refractivity (Wildman–Crippen MR) is 70.5 cm³/mol. The van der Waals surface area contributed by atoms with Crippen LogP contribution in [0.15, 0.2) is 24.5 Å². The van der Waals surface area contributed by atoms with Crippen LogP contribution in [0.1, 0.15) is 5.56 Å². The van der Waals surface area contributed by atoms with Gasteiger partial charge in [0.1, 0.15) is 0 Å². The molecule has 0 aromatic carbocycles. The summed E-state index contributed by atoms with van der Waals surface area (Å²) in [5, 5.41) is 0. The van der Waals surface area contributed by atoms with Crippen LogP contribution < -0.4 is 0 Å². The number of carbonyl (C=O) groups is 1. The molecule has 106 valence electrons. The molecule has 0 saturated carbocycles. The summed E-state index contributed by atoms with van der Waals surface area (Å²) in [4.78, 5) is 15.5. The number of pyridine rings is 1. The maximum Gasteiger partial charge on any atom is 0.503 e. The number of carbonyl (C=O) groups excluding carboxylic acids is 1. The summed E-state index contributed by atoms with van der Waals surface area (Å²) >= 11 is 0. The van der Waals surface area contributed by atoms with Crippen molar-refractivity contribution in [2.75, 3.05) is 27.9 Å². The lowest BCUT2D eigenvalue weighted by atomic mass is 10.2. The molecule has 19 heavy (non-hydrogen) atoms. The predicted octanol–water partition coefficient (Wildman–Crippen LogP) is 1.05. The Balaban J connectivity index is 2.35. The van der Waals surface area contributed by atoms with Crippen molar-refractivity contribution in [3.05, 3.63) is 30.1 Å². The van der Waals surface area contributed by atoms with E-state index in [0.29, 0.717) is 6.04 Å². The average molecular weight is 285 g/mol. The summed E-state index contributed by atoms with van der Waals surface area (Å²) in [5.74, 6) is -0.294. The van der Waals surface area contributed by atoms with Crippen molar-refractivity contribution >= 4 is 14.8 Å². The molecule has 1 aromatic heterocycles. The van der Waals surface area contributed by atoms with Gasteiger partial charge in [-0.1, -0.05) is 0 Å². The summed E-state index contributed by atoms with van der Waals surface area (Å²) in [7, 11) is 1.91. The third kappa shape index (κ3) is 5.07. The second-order valence-corrected chi connectivity index (χ2v) is 6.89. The molecule has 7 heteroatoms. The van der Waals surface area contributed by atoms with Gasteiger partial charge < -0.3 is 18.0 Å². The van der Waals surface area contributed by atoms with Gasteiger partial charge in [-0.05, 0) is 17.7 Å². The van der Waals surface area contributed by atoms with Crippen LogP contribution in [0.5, 0.6) is 0 Å². The van der Waals surface area contributed by atoms with Crippen LogP contribution >= 0.6 is 0 Å². The number of ether oxygens (including phenoxy) is 1. The van der Waals surface area contributed by atoms with Crippen molar-refractivity contribution in [1.82, 2.24) is 4.98 Å². The topological polar surface area (TPSA) is 66.9 Å². The Labute approximate surface area is 114 Å². The first kappa shape index (κ1) is 15.8. The van der Waals surface area contributed by atoms with Crippen LogP contribution in [0.4, 0.5) is 0 Å². The third-order valence-corrected chi connectivity index (χ3v) is 5.38. The van der Waals surface area contributed by atoms with Gasteiger partial charge in [0.05, 0.1) is 19.1 Å². The third-order valence-electron chi connectivity index (χ3n) is 2.70. The van der Waals surface area contributed by atoms with Gasteiger partial charge in [0.15, 0.2) is 0 Å². The number of rotatable bonds is 8. The van der Waals surface area contributed by atoms with E-state index in [0.717, 1.165) is 5.56 Å². The molecule has 0 bridgehead atoms. The molecule has 0 aliphatic heterocycles. The summed E-state index contributed by atoms with van der Waals surface area (Å²) in [6, 6.07) is 3.98. The molecule has 1 aromatic rings. The molecule has 1 rings (SSSR count). The van der Waals surface area contributed by atoms with E-state index in [2.05, 4.69) is 4.98 Å². The molecule has 0 unspecified atom stereocenters. The fourth-order valence-corrected chi connectivity index (χ4v) is 3.03. The van der Waals surface area contributed by atoms with Crippen molar-refractivity contribution in [3.8, 4) is 0 Å². The molecule has 6 nitrogen and oxygen atoms in total. The molecule has 0 aliphatic rings. The van der Waals surface area contributed by atoms with Gasteiger partial charge in [-0.15, -0.1) is 0 Å². The average Bonchev–Trinajstić information content (AvgIpc) is 2.45. The molecular weight excluding hydrogens is 266 g/mol. The highest BCUT2D eigenvalue weighted by Gasteiger charge is 2.37. The molecule has 0 N–H and O–H groups in total. The highest BCUT2D eigenvalue weighted by molar-refractivity contribution is 6.60. The van der Waals surface area contributed by atoms with E-state index < -0.39 is 8.80 Å². The monoisotopic (exact) mass is 285 g/mol. The molecule has 0 fully saturated rings. The second kappa shape index (κ2) is 8.00. The summed E-state index contributed by atoms with van der Waals surface area (Å²) in [6.07, 6.45) is 3.51. The minimum Gasteiger partial charge on any atom is -0.465 e. The Hall–Kier alpha value is -1.28. The Kier molecular flexibility index (Phi) is 6.64. The summed E-state index contributed by atoms with van der Waals surface area (Å²) < 4.78 is 20.8. The van der Waals surface area contributed by atoms with E-state index in [4.69, 9.17) is 18.0 Å². The maximum atomic E-state index is 11.6. The van der Waals surface area contributed by atoms with Crippen LogP contribution in [0.25, 0.3) is 0 Å². The van der Waals surface area contributed by atoms with Crippen molar-refractivity contribution in [3.63, 3.8) is 0 Å². The SMILES string of the molecule is CO[Si](CCOC(=O)Cc1ccncc1)(OC)OC.